The molecule has 0 unspecified atom stereocenters. The lowest BCUT2D eigenvalue weighted by atomic mass is 9.44. The van der Waals surface area contributed by atoms with Crippen molar-refractivity contribution >= 4 is 24.8 Å². The number of benzene rings is 1. The van der Waals surface area contributed by atoms with Gasteiger partial charge in [-0.1, -0.05) is 81.9 Å². The van der Waals surface area contributed by atoms with E-state index in [0.717, 1.165) is 31.3 Å². The van der Waals surface area contributed by atoms with Crippen LogP contribution in [0, 0.1) is 45.3 Å². The molecule has 3 fully saturated rings. The zero-order valence-corrected chi connectivity index (χ0v) is 22.7. The highest BCUT2D eigenvalue weighted by Gasteiger charge is 2.66. The van der Waals surface area contributed by atoms with E-state index in [2.05, 4.69) is 77.2 Å². The molecule has 0 aromatic heterocycles. The third kappa shape index (κ3) is 2.92. The summed E-state index contributed by atoms with van der Waals surface area (Å²) in [5.74, 6) is 0.740. The van der Waals surface area contributed by atoms with Gasteiger partial charge in [0, 0.05) is 23.7 Å². The van der Waals surface area contributed by atoms with Gasteiger partial charge in [0.1, 0.15) is 5.78 Å². The standard InChI is InChI=1S/C30H39NO2Si/c1-28(2)24-16-23(32)27-21-13-12-19(18-31)29(21,3)15-14-22(27)30(24,4)25(33)17-26(28)34(5,6)20-10-8-7-9-11-20/h7-11,19,22,24,26H,12-17H2,1-6H3/t19-,22+,24-,26+,29-,30-/m1/s1. The lowest BCUT2D eigenvalue weighted by molar-refractivity contribution is -0.153. The van der Waals surface area contributed by atoms with Gasteiger partial charge in [0.15, 0.2) is 5.78 Å². The number of Topliss-reactive ketones (excluding diaryl/α,β-unsaturated/α-hetero) is 2. The quantitative estimate of drug-likeness (QED) is 0.480. The largest absolute Gasteiger partial charge is 0.299 e. The van der Waals surface area contributed by atoms with E-state index in [1.165, 1.54) is 10.8 Å². The van der Waals surface area contributed by atoms with Gasteiger partial charge in [-0.05, 0) is 54.0 Å². The average Bonchev–Trinajstić information content (AvgIpc) is 3.14. The molecular weight excluding hydrogens is 434 g/mol. The van der Waals surface area contributed by atoms with Crippen LogP contribution in [-0.4, -0.2) is 19.6 Å². The van der Waals surface area contributed by atoms with Crippen molar-refractivity contribution in [3.63, 3.8) is 0 Å². The van der Waals surface area contributed by atoms with Gasteiger partial charge in [-0.3, -0.25) is 9.59 Å². The van der Waals surface area contributed by atoms with E-state index in [4.69, 9.17) is 0 Å². The summed E-state index contributed by atoms with van der Waals surface area (Å²) in [6.07, 6.45) is 4.59. The summed E-state index contributed by atoms with van der Waals surface area (Å²) in [5.41, 5.74) is 1.74. The molecule has 4 aliphatic rings. The van der Waals surface area contributed by atoms with Crippen molar-refractivity contribution in [1.29, 1.82) is 5.26 Å². The first-order valence-electron chi connectivity index (χ1n) is 13.1. The smallest absolute Gasteiger partial charge is 0.159 e. The maximum absolute atomic E-state index is 14.2. The van der Waals surface area contributed by atoms with Crippen molar-refractivity contribution in [2.75, 3.05) is 0 Å². The monoisotopic (exact) mass is 473 g/mol. The second-order valence-corrected chi connectivity index (χ2v) is 17.9. The van der Waals surface area contributed by atoms with Crippen LogP contribution in [0.25, 0.3) is 0 Å². The minimum Gasteiger partial charge on any atom is -0.299 e. The van der Waals surface area contributed by atoms with E-state index in [-0.39, 0.29) is 34.4 Å². The number of carbonyl (C=O) groups excluding carboxylic acids is 2. The Morgan fingerprint density at radius 3 is 2.32 bits per heavy atom. The fourth-order valence-corrected chi connectivity index (χ4v) is 13.4. The predicted molar refractivity (Wildman–Crippen MR) is 138 cm³/mol. The fraction of sp³-hybridized carbons (Fsp3) is 0.633. The minimum absolute atomic E-state index is 0.00479. The molecule has 0 radical (unpaired) electrons. The van der Waals surface area contributed by atoms with Crippen LogP contribution >= 0.6 is 0 Å². The van der Waals surface area contributed by atoms with E-state index in [0.29, 0.717) is 24.2 Å². The lowest BCUT2D eigenvalue weighted by Gasteiger charge is -2.62. The number of carbonyl (C=O) groups is 2. The third-order valence-corrected chi connectivity index (χ3v) is 15.7. The highest BCUT2D eigenvalue weighted by atomic mass is 28.3. The summed E-state index contributed by atoms with van der Waals surface area (Å²) in [7, 11) is -1.96. The molecule has 3 saturated carbocycles. The van der Waals surface area contributed by atoms with Crippen LogP contribution < -0.4 is 5.19 Å². The maximum atomic E-state index is 14.2. The number of fused-ring (bicyclic) bond motifs is 4. The Morgan fingerprint density at radius 2 is 1.68 bits per heavy atom. The van der Waals surface area contributed by atoms with Gasteiger partial charge in [-0.25, -0.2) is 0 Å². The number of ketones is 2. The first kappa shape index (κ1) is 23.7. The summed E-state index contributed by atoms with van der Waals surface area (Å²) < 4.78 is 0. The van der Waals surface area contributed by atoms with Gasteiger partial charge < -0.3 is 0 Å². The van der Waals surface area contributed by atoms with E-state index < -0.39 is 13.5 Å². The molecule has 4 heteroatoms. The molecule has 34 heavy (non-hydrogen) atoms. The van der Waals surface area contributed by atoms with Crippen LogP contribution in [0.2, 0.25) is 18.6 Å². The summed E-state index contributed by atoms with van der Waals surface area (Å²) in [6.45, 7) is 13.9. The van der Waals surface area contributed by atoms with Gasteiger partial charge in [0.25, 0.3) is 0 Å². The number of nitriles is 1. The third-order valence-electron chi connectivity index (χ3n) is 11.2. The predicted octanol–water partition coefficient (Wildman–Crippen LogP) is 6.21. The number of allylic oxidation sites excluding steroid dienone is 2. The summed E-state index contributed by atoms with van der Waals surface area (Å²) in [4.78, 5) is 28.1. The van der Waals surface area contributed by atoms with Crippen molar-refractivity contribution in [2.45, 2.75) is 84.9 Å². The van der Waals surface area contributed by atoms with Gasteiger partial charge in [-0.2, -0.15) is 5.26 Å². The topological polar surface area (TPSA) is 57.9 Å². The van der Waals surface area contributed by atoms with Crippen molar-refractivity contribution < 1.29 is 9.59 Å². The summed E-state index contributed by atoms with van der Waals surface area (Å²) in [5, 5.41) is 11.2. The number of hydrogen-bond acceptors (Lipinski definition) is 3. The average molecular weight is 474 g/mol. The molecule has 0 N–H and O–H groups in total. The Kier molecular flexibility index (Phi) is 5.24. The Balaban J connectivity index is 1.60. The molecule has 0 amide bonds. The molecular formula is C30H39NO2Si. The van der Waals surface area contributed by atoms with E-state index >= 15 is 0 Å². The molecule has 0 spiro atoms. The van der Waals surface area contributed by atoms with E-state index in [9.17, 15) is 14.9 Å². The molecule has 3 nitrogen and oxygen atoms in total. The Morgan fingerprint density at radius 1 is 1.00 bits per heavy atom. The second kappa shape index (κ2) is 7.50. The highest BCUT2D eigenvalue weighted by molar-refractivity contribution is 6.91. The molecule has 180 valence electrons. The van der Waals surface area contributed by atoms with Crippen LogP contribution in [0.4, 0.5) is 0 Å². The summed E-state index contributed by atoms with van der Waals surface area (Å²) in [6, 6.07) is 13.3. The molecule has 0 bridgehead atoms. The minimum atomic E-state index is -1.96. The molecule has 0 saturated heterocycles. The van der Waals surface area contributed by atoms with Crippen molar-refractivity contribution in [3.05, 3.63) is 41.5 Å². The van der Waals surface area contributed by atoms with Crippen molar-refractivity contribution in [3.8, 4) is 6.07 Å². The zero-order valence-electron chi connectivity index (χ0n) is 21.7. The number of nitrogens with zero attached hydrogens (tertiary/aromatic N) is 1. The van der Waals surface area contributed by atoms with Gasteiger partial charge in [0.2, 0.25) is 0 Å². The molecule has 5 rings (SSSR count). The van der Waals surface area contributed by atoms with Crippen molar-refractivity contribution in [2.24, 2.45) is 34.0 Å². The molecule has 0 heterocycles. The number of rotatable bonds is 2. The first-order chi connectivity index (χ1) is 15.9. The van der Waals surface area contributed by atoms with Gasteiger partial charge in [0.05, 0.1) is 20.1 Å². The Labute approximate surface area is 206 Å². The van der Waals surface area contributed by atoms with Crippen LogP contribution in [0.15, 0.2) is 41.5 Å². The van der Waals surface area contributed by atoms with Gasteiger partial charge in [-0.15, -0.1) is 0 Å². The van der Waals surface area contributed by atoms with E-state index in [1.807, 2.05) is 0 Å². The fourth-order valence-electron chi connectivity index (χ4n) is 9.18. The van der Waals surface area contributed by atoms with Crippen LogP contribution in [0.1, 0.15) is 66.2 Å². The van der Waals surface area contributed by atoms with Crippen molar-refractivity contribution in [1.82, 2.24) is 0 Å². The Hall–Kier alpha value is -1.99. The molecule has 1 aromatic rings. The van der Waals surface area contributed by atoms with E-state index in [1.54, 1.807) is 0 Å². The molecule has 0 aliphatic heterocycles. The zero-order chi connectivity index (χ0) is 24.7. The molecule has 6 atom stereocenters. The molecule has 1 aromatic carbocycles. The SMILES string of the molecule is CC1(C)[C@H]2CC(=O)C3=C4CC[C@H](C#N)[C@@]4(C)CC[C@@H]3[C@@]2(C)C(=O)C[C@@H]1[Si](C)(C)c1ccccc1. The normalized spacial score (nSPS) is 39.2. The number of hydrogen-bond donors (Lipinski definition) is 0. The molecule has 4 aliphatic carbocycles. The van der Waals surface area contributed by atoms with Crippen LogP contribution in [0.5, 0.6) is 0 Å². The van der Waals surface area contributed by atoms with Crippen LogP contribution in [0.3, 0.4) is 0 Å². The van der Waals surface area contributed by atoms with Crippen LogP contribution in [-0.2, 0) is 9.59 Å². The second-order valence-electron chi connectivity index (χ2n) is 13.2. The Bertz CT molecular complexity index is 1130. The lowest BCUT2D eigenvalue weighted by Crippen LogP contribution is -2.64. The highest BCUT2D eigenvalue weighted by Crippen LogP contribution is 2.68. The first-order valence-corrected chi connectivity index (χ1v) is 16.2. The maximum Gasteiger partial charge on any atom is 0.159 e. The summed E-state index contributed by atoms with van der Waals surface area (Å²) >= 11 is 0. The van der Waals surface area contributed by atoms with Gasteiger partial charge >= 0.3 is 0 Å².